The van der Waals surface area contributed by atoms with E-state index in [1.54, 1.807) is 36.7 Å². The van der Waals surface area contributed by atoms with E-state index in [1.807, 2.05) is 36.4 Å². The maximum atomic E-state index is 12.8. The second-order valence-corrected chi connectivity index (χ2v) is 7.77. The molecule has 0 radical (unpaired) electrons. The standard InChI is InChI=1S/C21H25ClN2O2S/c1-16(21(26)23-2)24(14-18-9-6-10-19(22)13-18)20(25)11-12-27-15-17-7-4-3-5-8-17/h3-10,13,16H,11-12,14-15H2,1-2H3,(H,23,26)/t16-/m1/s1. The van der Waals surface area contributed by atoms with Crippen molar-refractivity contribution < 1.29 is 9.59 Å². The average molecular weight is 405 g/mol. The summed E-state index contributed by atoms with van der Waals surface area (Å²) in [7, 11) is 1.58. The third-order valence-corrected chi connectivity index (χ3v) is 5.49. The minimum absolute atomic E-state index is 0.0355. The summed E-state index contributed by atoms with van der Waals surface area (Å²) >= 11 is 7.77. The summed E-state index contributed by atoms with van der Waals surface area (Å²) in [6.07, 6.45) is 0.388. The first-order valence-electron chi connectivity index (χ1n) is 8.88. The third kappa shape index (κ3) is 6.92. The Kier molecular flexibility index (Phi) is 8.69. The van der Waals surface area contributed by atoms with E-state index in [0.717, 1.165) is 11.3 Å². The van der Waals surface area contributed by atoms with Gasteiger partial charge in [0.25, 0.3) is 0 Å². The minimum atomic E-state index is -0.541. The Morgan fingerprint density at radius 3 is 2.48 bits per heavy atom. The van der Waals surface area contributed by atoms with Gasteiger partial charge < -0.3 is 10.2 Å². The molecule has 2 aromatic rings. The van der Waals surface area contributed by atoms with Crippen LogP contribution in [0.3, 0.4) is 0 Å². The maximum Gasteiger partial charge on any atom is 0.242 e. The van der Waals surface area contributed by atoms with Crippen LogP contribution in [0.1, 0.15) is 24.5 Å². The Morgan fingerprint density at radius 2 is 1.81 bits per heavy atom. The molecule has 0 unspecified atom stereocenters. The normalized spacial score (nSPS) is 11.7. The number of nitrogens with zero attached hydrogens (tertiary/aromatic N) is 1. The second-order valence-electron chi connectivity index (χ2n) is 6.23. The molecule has 0 aliphatic heterocycles. The van der Waals surface area contributed by atoms with Crippen molar-refractivity contribution >= 4 is 35.2 Å². The summed E-state index contributed by atoms with van der Waals surface area (Å²) in [5.41, 5.74) is 2.15. The lowest BCUT2D eigenvalue weighted by Crippen LogP contribution is -2.46. The van der Waals surface area contributed by atoms with Gasteiger partial charge >= 0.3 is 0 Å². The van der Waals surface area contributed by atoms with Gasteiger partial charge in [-0.3, -0.25) is 9.59 Å². The summed E-state index contributed by atoms with van der Waals surface area (Å²) in [6.45, 7) is 2.11. The zero-order valence-electron chi connectivity index (χ0n) is 15.7. The number of thioether (sulfide) groups is 1. The fourth-order valence-electron chi connectivity index (χ4n) is 2.69. The molecule has 27 heavy (non-hydrogen) atoms. The van der Waals surface area contributed by atoms with Crippen LogP contribution in [0.25, 0.3) is 0 Å². The van der Waals surface area contributed by atoms with Crippen molar-refractivity contribution in [3.63, 3.8) is 0 Å². The maximum absolute atomic E-state index is 12.8. The summed E-state index contributed by atoms with van der Waals surface area (Å²) in [6, 6.07) is 17.0. The van der Waals surface area contributed by atoms with Crippen LogP contribution >= 0.6 is 23.4 Å². The van der Waals surface area contributed by atoms with Gasteiger partial charge in [-0.25, -0.2) is 0 Å². The fraction of sp³-hybridized carbons (Fsp3) is 0.333. The molecule has 0 aliphatic carbocycles. The van der Waals surface area contributed by atoms with E-state index in [4.69, 9.17) is 11.6 Å². The van der Waals surface area contributed by atoms with Crippen LogP contribution in [0.2, 0.25) is 5.02 Å². The van der Waals surface area contributed by atoms with E-state index in [0.29, 0.717) is 23.7 Å². The molecule has 0 aromatic heterocycles. The quantitative estimate of drug-likeness (QED) is 0.639. The fourth-order valence-corrected chi connectivity index (χ4v) is 3.80. The highest BCUT2D eigenvalue weighted by molar-refractivity contribution is 7.98. The van der Waals surface area contributed by atoms with Crippen LogP contribution in [0.15, 0.2) is 54.6 Å². The first-order chi connectivity index (χ1) is 13.0. The first kappa shape index (κ1) is 21.3. The predicted octanol–water partition coefficient (Wildman–Crippen LogP) is 4.13. The van der Waals surface area contributed by atoms with Crippen LogP contribution in [0.5, 0.6) is 0 Å². The molecular weight excluding hydrogens is 380 g/mol. The van der Waals surface area contributed by atoms with Gasteiger partial charge in [0.2, 0.25) is 11.8 Å². The second kappa shape index (κ2) is 11.0. The van der Waals surface area contributed by atoms with E-state index in [9.17, 15) is 9.59 Å². The van der Waals surface area contributed by atoms with Crippen molar-refractivity contribution in [2.24, 2.45) is 0 Å². The molecule has 0 saturated heterocycles. The lowest BCUT2D eigenvalue weighted by Gasteiger charge is -2.28. The smallest absolute Gasteiger partial charge is 0.242 e. The molecule has 144 valence electrons. The van der Waals surface area contributed by atoms with Crippen molar-refractivity contribution in [2.75, 3.05) is 12.8 Å². The zero-order valence-corrected chi connectivity index (χ0v) is 17.2. The molecule has 1 N–H and O–H groups in total. The molecular formula is C21H25ClN2O2S. The topological polar surface area (TPSA) is 49.4 Å². The number of amides is 2. The summed E-state index contributed by atoms with van der Waals surface area (Å²) in [5.74, 6) is 1.36. The van der Waals surface area contributed by atoms with E-state index in [2.05, 4.69) is 17.4 Å². The lowest BCUT2D eigenvalue weighted by molar-refractivity contribution is -0.140. The van der Waals surface area contributed by atoms with Crippen LogP contribution in [0, 0.1) is 0 Å². The van der Waals surface area contributed by atoms with Crippen LogP contribution < -0.4 is 5.32 Å². The summed E-state index contributed by atoms with van der Waals surface area (Å²) in [5, 5.41) is 3.24. The number of carbonyl (C=O) groups is 2. The summed E-state index contributed by atoms with van der Waals surface area (Å²) in [4.78, 5) is 26.5. The van der Waals surface area contributed by atoms with Gasteiger partial charge in [0, 0.05) is 36.5 Å². The summed E-state index contributed by atoms with van der Waals surface area (Å²) < 4.78 is 0. The van der Waals surface area contributed by atoms with Gasteiger partial charge in [0.15, 0.2) is 0 Å². The van der Waals surface area contributed by atoms with Gasteiger partial charge in [0.05, 0.1) is 0 Å². The molecule has 2 amide bonds. The lowest BCUT2D eigenvalue weighted by atomic mass is 10.1. The monoisotopic (exact) mass is 404 g/mol. The number of hydrogen-bond donors (Lipinski definition) is 1. The number of rotatable bonds is 9. The molecule has 6 heteroatoms. The van der Waals surface area contributed by atoms with E-state index in [1.165, 1.54) is 5.56 Å². The average Bonchev–Trinajstić information content (AvgIpc) is 2.69. The molecule has 0 spiro atoms. The SMILES string of the molecule is CNC(=O)[C@@H](C)N(Cc1cccc(Cl)c1)C(=O)CCSCc1ccccc1. The zero-order chi connectivity index (χ0) is 19.6. The molecule has 0 fully saturated rings. The Balaban J connectivity index is 1.96. The van der Waals surface area contributed by atoms with Crippen LogP contribution in [0.4, 0.5) is 0 Å². The number of halogens is 1. The molecule has 1 atom stereocenters. The number of hydrogen-bond acceptors (Lipinski definition) is 3. The Hall–Kier alpha value is -1.98. The predicted molar refractivity (Wildman–Crippen MR) is 113 cm³/mol. The Bertz CT molecular complexity index is 755. The highest BCUT2D eigenvalue weighted by Crippen LogP contribution is 2.17. The number of likely N-dealkylation sites (N-methyl/N-ethyl adjacent to an activating group) is 1. The van der Waals surface area contributed by atoms with Crippen molar-refractivity contribution in [1.29, 1.82) is 0 Å². The van der Waals surface area contributed by atoms with Crippen LogP contribution in [-0.2, 0) is 21.9 Å². The molecule has 0 bridgehead atoms. The van der Waals surface area contributed by atoms with Crippen molar-refractivity contribution in [3.05, 3.63) is 70.7 Å². The van der Waals surface area contributed by atoms with Gasteiger partial charge in [-0.15, -0.1) is 0 Å². The van der Waals surface area contributed by atoms with Crippen LogP contribution in [-0.4, -0.2) is 35.6 Å². The van der Waals surface area contributed by atoms with E-state index < -0.39 is 6.04 Å². The molecule has 4 nitrogen and oxygen atoms in total. The first-order valence-corrected chi connectivity index (χ1v) is 10.4. The molecule has 2 aromatic carbocycles. The van der Waals surface area contributed by atoms with Gasteiger partial charge in [-0.1, -0.05) is 54.1 Å². The highest BCUT2D eigenvalue weighted by atomic mass is 35.5. The Morgan fingerprint density at radius 1 is 1.11 bits per heavy atom. The Labute approximate surface area is 170 Å². The number of nitrogens with one attached hydrogen (secondary N) is 1. The minimum Gasteiger partial charge on any atom is -0.357 e. The number of benzene rings is 2. The van der Waals surface area contributed by atoms with Gasteiger partial charge in [-0.05, 0) is 30.2 Å². The molecule has 0 heterocycles. The highest BCUT2D eigenvalue weighted by Gasteiger charge is 2.25. The largest absolute Gasteiger partial charge is 0.357 e. The number of carbonyl (C=O) groups excluding carboxylic acids is 2. The van der Waals surface area contributed by atoms with E-state index in [-0.39, 0.29) is 11.8 Å². The van der Waals surface area contributed by atoms with Crippen molar-refractivity contribution in [3.8, 4) is 0 Å². The molecule has 0 aliphatic rings. The third-order valence-electron chi connectivity index (χ3n) is 4.23. The van der Waals surface area contributed by atoms with Crippen molar-refractivity contribution in [2.45, 2.75) is 31.7 Å². The van der Waals surface area contributed by atoms with Gasteiger partial charge in [0.1, 0.15) is 6.04 Å². The molecule has 2 rings (SSSR count). The molecule has 0 saturated carbocycles. The van der Waals surface area contributed by atoms with E-state index >= 15 is 0 Å². The van der Waals surface area contributed by atoms with Crippen molar-refractivity contribution in [1.82, 2.24) is 10.2 Å². The van der Waals surface area contributed by atoms with Gasteiger partial charge in [-0.2, -0.15) is 11.8 Å².